The normalized spacial score (nSPS) is 21.1. The molecule has 2 amide bonds. The number of aliphatic hydroxyl groups is 1. The standard InChI is InChI=1S/C26H33N3O5/c1-16-13-29(17(2)15-30)26(32)22-11-20(18-7-9-21(33-4)10-8-18)12-27-24(22)34-23(16)14-28(3)25(31)19-5-6-19/h7-12,16-17,19,23,30H,5-6,13-15H2,1-4H3/t16-,17-,23+/m0/s1. The molecule has 2 aliphatic rings. The van der Waals surface area contributed by atoms with Gasteiger partial charge in [-0.05, 0) is 43.5 Å². The smallest absolute Gasteiger partial charge is 0.259 e. The van der Waals surface area contributed by atoms with Gasteiger partial charge >= 0.3 is 0 Å². The molecule has 1 saturated carbocycles. The minimum atomic E-state index is -0.364. The van der Waals surface area contributed by atoms with E-state index in [1.54, 1.807) is 36.2 Å². The fourth-order valence-electron chi connectivity index (χ4n) is 4.26. The predicted octanol–water partition coefficient (Wildman–Crippen LogP) is 2.85. The molecule has 1 fully saturated rings. The van der Waals surface area contributed by atoms with Gasteiger partial charge in [0, 0.05) is 37.2 Å². The summed E-state index contributed by atoms with van der Waals surface area (Å²) in [6.07, 6.45) is 3.24. The summed E-state index contributed by atoms with van der Waals surface area (Å²) >= 11 is 0. The maximum Gasteiger partial charge on any atom is 0.259 e. The van der Waals surface area contributed by atoms with E-state index in [4.69, 9.17) is 9.47 Å². The fourth-order valence-corrected chi connectivity index (χ4v) is 4.26. The Hall–Kier alpha value is -3.13. The summed E-state index contributed by atoms with van der Waals surface area (Å²) in [7, 11) is 3.41. The molecule has 1 aliphatic heterocycles. The van der Waals surface area contributed by atoms with Crippen LogP contribution in [0.3, 0.4) is 0 Å². The van der Waals surface area contributed by atoms with Gasteiger partial charge in [-0.3, -0.25) is 9.59 Å². The van der Waals surface area contributed by atoms with E-state index in [9.17, 15) is 14.7 Å². The first-order valence-corrected chi connectivity index (χ1v) is 11.8. The van der Waals surface area contributed by atoms with E-state index in [2.05, 4.69) is 4.98 Å². The van der Waals surface area contributed by atoms with Crippen LogP contribution in [0.1, 0.15) is 37.0 Å². The van der Waals surface area contributed by atoms with Crippen LogP contribution < -0.4 is 9.47 Å². The Kier molecular flexibility index (Phi) is 7.07. The van der Waals surface area contributed by atoms with Gasteiger partial charge in [-0.1, -0.05) is 19.1 Å². The molecule has 4 rings (SSSR count). The number of rotatable bonds is 7. The number of benzene rings is 1. The van der Waals surface area contributed by atoms with Gasteiger partial charge in [-0.2, -0.15) is 0 Å². The number of methoxy groups -OCH3 is 1. The van der Waals surface area contributed by atoms with Crippen LogP contribution >= 0.6 is 0 Å². The third kappa shape index (κ3) is 5.01. The van der Waals surface area contributed by atoms with Crippen LogP contribution in [0.4, 0.5) is 0 Å². The molecule has 1 aromatic heterocycles. The van der Waals surface area contributed by atoms with Gasteiger partial charge in [0.2, 0.25) is 11.8 Å². The lowest BCUT2D eigenvalue weighted by Crippen LogP contribution is -2.50. The highest BCUT2D eigenvalue weighted by molar-refractivity contribution is 5.98. The monoisotopic (exact) mass is 467 g/mol. The molecule has 0 saturated heterocycles. The maximum atomic E-state index is 13.6. The maximum absolute atomic E-state index is 13.6. The second-order valence-corrected chi connectivity index (χ2v) is 9.42. The molecule has 0 spiro atoms. The first-order valence-electron chi connectivity index (χ1n) is 11.8. The van der Waals surface area contributed by atoms with Crippen LogP contribution in [0, 0.1) is 11.8 Å². The molecule has 8 nitrogen and oxygen atoms in total. The van der Waals surface area contributed by atoms with Crippen molar-refractivity contribution in [2.75, 3.05) is 33.9 Å². The summed E-state index contributed by atoms with van der Waals surface area (Å²) in [6.45, 7) is 4.49. The van der Waals surface area contributed by atoms with Gasteiger partial charge in [-0.15, -0.1) is 0 Å². The van der Waals surface area contributed by atoms with Crippen LogP contribution in [0.25, 0.3) is 11.1 Å². The number of carbonyl (C=O) groups is 2. The Morgan fingerprint density at radius 2 is 2.00 bits per heavy atom. The molecule has 34 heavy (non-hydrogen) atoms. The van der Waals surface area contributed by atoms with Crippen molar-refractivity contribution in [2.24, 2.45) is 11.8 Å². The Balaban J connectivity index is 1.68. The van der Waals surface area contributed by atoms with Crippen LogP contribution in [0.5, 0.6) is 11.6 Å². The minimum absolute atomic E-state index is 0.0661. The minimum Gasteiger partial charge on any atom is -0.497 e. The van der Waals surface area contributed by atoms with Crippen molar-refractivity contribution in [3.63, 3.8) is 0 Å². The molecule has 3 atom stereocenters. The fraction of sp³-hybridized carbons (Fsp3) is 0.500. The van der Waals surface area contributed by atoms with Crippen molar-refractivity contribution in [1.29, 1.82) is 0 Å². The number of aromatic nitrogens is 1. The van der Waals surface area contributed by atoms with E-state index < -0.39 is 0 Å². The van der Waals surface area contributed by atoms with E-state index >= 15 is 0 Å². The molecule has 2 heterocycles. The molecular formula is C26H33N3O5. The van der Waals surface area contributed by atoms with Crippen LogP contribution in [0.15, 0.2) is 36.5 Å². The molecular weight excluding hydrogens is 434 g/mol. The zero-order valence-electron chi connectivity index (χ0n) is 20.2. The van der Waals surface area contributed by atoms with Crippen molar-refractivity contribution in [2.45, 2.75) is 38.8 Å². The Bertz CT molecular complexity index is 1040. The van der Waals surface area contributed by atoms with Crippen molar-refractivity contribution in [1.82, 2.24) is 14.8 Å². The summed E-state index contributed by atoms with van der Waals surface area (Å²) in [5.41, 5.74) is 2.02. The molecule has 1 aromatic carbocycles. The number of nitrogens with zero attached hydrogens (tertiary/aromatic N) is 3. The molecule has 0 radical (unpaired) electrons. The molecule has 0 unspecified atom stereocenters. The highest BCUT2D eigenvalue weighted by atomic mass is 16.5. The average molecular weight is 468 g/mol. The Morgan fingerprint density at radius 1 is 1.29 bits per heavy atom. The molecule has 8 heteroatoms. The van der Waals surface area contributed by atoms with Gasteiger partial charge in [0.1, 0.15) is 17.4 Å². The van der Waals surface area contributed by atoms with Crippen LogP contribution in [-0.4, -0.2) is 77.7 Å². The van der Waals surface area contributed by atoms with Gasteiger partial charge < -0.3 is 24.4 Å². The van der Waals surface area contributed by atoms with Crippen LogP contribution in [-0.2, 0) is 4.79 Å². The number of aliphatic hydroxyl groups excluding tert-OH is 1. The highest BCUT2D eigenvalue weighted by Crippen LogP contribution is 2.33. The van der Waals surface area contributed by atoms with Gasteiger partial charge in [0.05, 0.1) is 26.3 Å². The van der Waals surface area contributed by atoms with E-state index in [0.717, 1.165) is 29.7 Å². The number of carbonyl (C=O) groups excluding carboxylic acids is 2. The lowest BCUT2D eigenvalue weighted by atomic mass is 9.99. The quantitative estimate of drug-likeness (QED) is 0.673. The predicted molar refractivity (Wildman–Crippen MR) is 128 cm³/mol. The van der Waals surface area contributed by atoms with E-state index in [0.29, 0.717) is 18.7 Å². The van der Waals surface area contributed by atoms with E-state index in [-0.39, 0.29) is 48.3 Å². The summed E-state index contributed by atoms with van der Waals surface area (Å²) < 4.78 is 11.5. The summed E-state index contributed by atoms with van der Waals surface area (Å²) in [5, 5.41) is 9.83. The lowest BCUT2D eigenvalue weighted by molar-refractivity contribution is -0.132. The third-order valence-electron chi connectivity index (χ3n) is 6.70. The lowest BCUT2D eigenvalue weighted by Gasteiger charge is -2.37. The molecule has 1 N–H and O–H groups in total. The number of likely N-dealkylation sites (N-methyl/N-ethyl adjacent to an activating group) is 1. The number of hydrogen-bond acceptors (Lipinski definition) is 6. The first-order chi connectivity index (χ1) is 16.3. The zero-order chi connectivity index (χ0) is 24.4. The van der Waals surface area contributed by atoms with Gasteiger partial charge in [-0.25, -0.2) is 4.98 Å². The summed E-state index contributed by atoms with van der Waals surface area (Å²) in [5.74, 6) is 0.959. The summed E-state index contributed by atoms with van der Waals surface area (Å²) in [6, 6.07) is 8.96. The van der Waals surface area contributed by atoms with Crippen molar-refractivity contribution in [3.05, 3.63) is 42.1 Å². The summed E-state index contributed by atoms with van der Waals surface area (Å²) in [4.78, 5) is 34.1. The molecule has 0 bridgehead atoms. The van der Waals surface area contributed by atoms with Crippen molar-refractivity contribution in [3.8, 4) is 22.8 Å². The average Bonchev–Trinajstić information content (AvgIpc) is 3.70. The third-order valence-corrected chi connectivity index (χ3v) is 6.70. The Labute approximate surface area is 200 Å². The SMILES string of the molecule is COc1ccc(-c2cnc3c(c2)C(=O)N([C@@H](C)CO)C[C@H](C)[C@@H](CN(C)C(=O)C2CC2)O3)cc1. The van der Waals surface area contributed by atoms with Crippen molar-refractivity contribution >= 4 is 11.8 Å². The zero-order valence-corrected chi connectivity index (χ0v) is 20.2. The van der Waals surface area contributed by atoms with Crippen LogP contribution in [0.2, 0.25) is 0 Å². The molecule has 182 valence electrons. The number of amides is 2. The van der Waals surface area contributed by atoms with Gasteiger partial charge in [0.15, 0.2) is 0 Å². The second kappa shape index (κ2) is 10.0. The number of fused-ring (bicyclic) bond motifs is 1. The molecule has 2 aromatic rings. The number of hydrogen-bond donors (Lipinski definition) is 1. The molecule has 1 aliphatic carbocycles. The van der Waals surface area contributed by atoms with Gasteiger partial charge in [0.25, 0.3) is 5.91 Å². The van der Waals surface area contributed by atoms with Crippen molar-refractivity contribution < 1.29 is 24.2 Å². The largest absolute Gasteiger partial charge is 0.497 e. The Morgan fingerprint density at radius 3 is 2.62 bits per heavy atom. The number of ether oxygens (including phenoxy) is 2. The van der Waals surface area contributed by atoms with E-state index in [1.807, 2.05) is 38.1 Å². The first kappa shape index (κ1) is 24.0. The highest BCUT2D eigenvalue weighted by Gasteiger charge is 2.37. The van der Waals surface area contributed by atoms with E-state index in [1.165, 1.54) is 0 Å². The number of pyridine rings is 1. The second-order valence-electron chi connectivity index (χ2n) is 9.42. The topological polar surface area (TPSA) is 92.2 Å².